The minimum atomic E-state index is 0.376. The highest BCUT2D eigenvalue weighted by molar-refractivity contribution is 4.87. The van der Waals surface area contributed by atoms with Crippen LogP contribution in [0.15, 0.2) is 0 Å². The Bertz CT molecular complexity index is 157. The number of rotatable bonds is 3. The standard InChI is InChI=1S/C10H20N2O/c13-7-8-2-1-3-9(4-8)12-10-5-11-6-10/h8-13H,1-7H2. The number of hydrogen-bond acceptors (Lipinski definition) is 3. The van der Waals surface area contributed by atoms with Crippen molar-refractivity contribution >= 4 is 0 Å². The summed E-state index contributed by atoms with van der Waals surface area (Å²) in [5.74, 6) is 0.555. The second kappa shape index (κ2) is 4.40. The van der Waals surface area contributed by atoms with E-state index >= 15 is 0 Å². The van der Waals surface area contributed by atoms with E-state index in [1.54, 1.807) is 0 Å². The van der Waals surface area contributed by atoms with Gasteiger partial charge >= 0.3 is 0 Å². The van der Waals surface area contributed by atoms with Crippen LogP contribution in [0.25, 0.3) is 0 Å². The molecule has 0 amide bonds. The van der Waals surface area contributed by atoms with Crippen LogP contribution in [0.3, 0.4) is 0 Å². The molecular weight excluding hydrogens is 164 g/mol. The summed E-state index contributed by atoms with van der Waals surface area (Å²) < 4.78 is 0. The van der Waals surface area contributed by atoms with Crippen molar-refractivity contribution in [2.45, 2.75) is 37.8 Å². The third-order valence-corrected chi connectivity index (χ3v) is 3.29. The lowest BCUT2D eigenvalue weighted by Crippen LogP contribution is -2.58. The van der Waals surface area contributed by atoms with Crippen molar-refractivity contribution in [1.82, 2.24) is 10.6 Å². The first-order chi connectivity index (χ1) is 6.38. The molecule has 0 radical (unpaired) electrons. The molecular formula is C10H20N2O. The van der Waals surface area contributed by atoms with E-state index in [9.17, 15) is 0 Å². The molecule has 2 unspecified atom stereocenters. The largest absolute Gasteiger partial charge is 0.396 e. The third-order valence-electron chi connectivity index (χ3n) is 3.29. The average Bonchev–Trinajstić information content (AvgIpc) is 2.12. The van der Waals surface area contributed by atoms with Gasteiger partial charge in [-0.3, -0.25) is 0 Å². The molecule has 2 rings (SSSR count). The lowest BCUT2D eigenvalue weighted by atomic mass is 9.85. The van der Waals surface area contributed by atoms with E-state index in [1.165, 1.54) is 25.7 Å². The molecule has 0 aromatic heterocycles. The molecule has 2 aliphatic rings. The van der Waals surface area contributed by atoms with Gasteiger partial charge in [0.15, 0.2) is 0 Å². The second-order valence-electron chi connectivity index (χ2n) is 4.43. The van der Waals surface area contributed by atoms with Crippen molar-refractivity contribution < 1.29 is 5.11 Å². The van der Waals surface area contributed by atoms with E-state index in [2.05, 4.69) is 10.6 Å². The van der Waals surface area contributed by atoms with Crippen LogP contribution >= 0.6 is 0 Å². The summed E-state index contributed by atoms with van der Waals surface area (Å²) in [4.78, 5) is 0. The Kier molecular flexibility index (Phi) is 3.19. The monoisotopic (exact) mass is 184 g/mol. The second-order valence-corrected chi connectivity index (χ2v) is 4.43. The molecule has 0 spiro atoms. The van der Waals surface area contributed by atoms with Gasteiger partial charge in [-0.05, 0) is 25.2 Å². The summed E-state index contributed by atoms with van der Waals surface area (Å²) in [6.45, 7) is 2.63. The molecule has 1 saturated heterocycles. The molecule has 3 nitrogen and oxygen atoms in total. The number of nitrogens with one attached hydrogen (secondary N) is 2. The lowest BCUT2D eigenvalue weighted by molar-refractivity contribution is 0.161. The van der Waals surface area contributed by atoms with Crippen LogP contribution in [0.2, 0.25) is 0 Å². The zero-order valence-electron chi connectivity index (χ0n) is 8.13. The molecule has 0 aromatic rings. The molecule has 1 aliphatic carbocycles. The summed E-state index contributed by atoms with van der Waals surface area (Å²) in [5.41, 5.74) is 0. The molecule has 2 atom stereocenters. The van der Waals surface area contributed by atoms with Crippen LogP contribution in [-0.2, 0) is 0 Å². The first-order valence-corrected chi connectivity index (χ1v) is 5.46. The molecule has 0 aromatic carbocycles. The van der Waals surface area contributed by atoms with Crippen molar-refractivity contribution in [2.24, 2.45) is 5.92 Å². The Morgan fingerprint density at radius 2 is 2.08 bits per heavy atom. The molecule has 1 heterocycles. The molecule has 1 saturated carbocycles. The van der Waals surface area contributed by atoms with E-state index in [0.29, 0.717) is 24.6 Å². The van der Waals surface area contributed by atoms with Crippen molar-refractivity contribution in [3.63, 3.8) is 0 Å². The highest BCUT2D eigenvalue weighted by Gasteiger charge is 2.25. The van der Waals surface area contributed by atoms with Gasteiger partial charge in [-0.1, -0.05) is 6.42 Å². The van der Waals surface area contributed by atoms with E-state index in [4.69, 9.17) is 5.11 Å². The van der Waals surface area contributed by atoms with Gasteiger partial charge in [-0.15, -0.1) is 0 Å². The minimum absolute atomic E-state index is 0.376. The van der Waals surface area contributed by atoms with Crippen molar-refractivity contribution in [3.05, 3.63) is 0 Å². The fraction of sp³-hybridized carbons (Fsp3) is 1.00. The van der Waals surface area contributed by atoms with Crippen LogP contribution in [0, 0.1) is 5.92 Å². The van der Waals surface area contributed by atoms with E-state index < -0.39 is 0 Å². The highest BCUT2D eigenvalue weighted by Crippen LogP contribution is 2.24. The van der Waals surface area contributed by atoms with Gasteiger partial charge in [0.1, 0.15) is 0 Å². The molecule has 76 valence electrons. The van der Waals surface area contributed by atoms with Crippen LogP contribution in [0.5, 0.6) is 0 Å². The normalized spacial score (nSPS) is 35.8. The van der Waals surface area contributed by atoms with Crippen LogP contribution < -0.4 is 10.6 Å². The lowest BCUT2D eigenvalue weighted by Gasteiger charge is -2.36. The fourth-order valence-corrected chi connectivity index (χ4v) is 2.35. The fourth-order valence-electron chi connectivity index (χ4n) is 2.35. The van der Waals surface area contributed by atoms with Crippen LogP contribution in [0.4, 0.5) is 0 Å². The Hall–Kier alpha value is -0.120. The smallest absolute Gasteiger partial charge is 0.0459 e. The summed E-state index contributed by atoms with van der Waals surface area (Å²) in [6, 6.07) is 1.36. The predicted octanol–water partition coefficient (Wildman–Crippen LogP) is 0.0989. The molecule has 0 bridgehead atoms. The average molecular weight is 184 g/mol. The van der Waals surface area contributed by atoms with Crippen molar-refractivity contribution in [2.75, 3.05) is 19.7 Å². The Morgan fingerprint density at radius 3 is 2.69 bits per heavy atom. The molecule has 1 aliphatic heterocycles. The van der Waals surface area contributed by atoms with Crippen LogP contribution in [0.1, 0.15) is 25.7 Å². The van der Waals surface area contributed by atoms with E-state index in [1.807, 2.05) is 0 Å². The zero-order chi connectivity index (χ0) is 9.10. The first kappa shape index (κ1) is 9.44. The topological polar surface area (TPSA) is 44.3 Å². The quantitative estimate of drug-likeness (QED) is 0.583. The first-order valence-electron chi connectivity index (χ1n) is 5.46. The predicted molar refractivity (Wildman–Crippen MR) is 52.6 cm³/mol. The van der Waals surface area contributed by atoms with Gasteiger partial charge in [0.25, 0.3) is 0 Å². The van der Waals surface area contributed by atoms with E-state index in [-0.39, 0.29) is 0 Å². The highest BCUT2D eigenvalue weighted by atomic mass is 16.3. The molecule has 3 N–H and O–H groups in total. The third kappa shape index (κ3) is 2.42. The Morgan fingerprint density at radius 1 is 1.23 bits per heavy atom. The maximum absolute atomic E-state index is 9.07. The van der Waals surface area contributed by atoms with Gasteiger partial charge in [-0.2, -0.15) is 0 Å². The molecule has 2 fully saturated rings. The van der Waals surface area contributed by atoms with Crippen molar-refractivity contribution in [3.8, 4) is 0 Å². The number of aliphatic hydroxyl groups is 1. The minimum Gasteiger partial charge on any atom is -0.396 e. The number of hydrogen-bond donors (Lipinski definition) is 3. The molecule has 3 heteroatoms. The summed E-state index contributed by atoms with van der Waals surface area (Å²) in [5, 5.41) is 16.0. The maximum Gasteiger partial charge on any atom is 0.0459 e. The van der Waals surface area contributed by atoms with Gasteiger partial charge in [-0.25, -0.2) is 0 Å². The maximum atomic E-state index is 9.07. The Balaban J connectivity index is 1.71. The van der Waals surface area contributed by atoms with Crippen molar-refractivity contribution in [1.29, 1.82) is 0 Å². The van der Waals surface area contributed by atoms with E-state index in [0.717, 1.165) is 13.1 Å². The van der Waals surface area contributed by atoms with Gasteiger partial charge in [0.2, 0.25) is 0 Å². The SMILES string of the molecule is OCC1CCCC(NC2CNC2)C1. The summed E-state index contributed by atoms with van der Waals surface area (Å²) in [6.07, 6.45) is 4.97. The zero-order valence-corrected chi connectivity index (χ0v) is 8.13. The van der Waals surface area contributed by atoms with Gasteiger partial charge < -0.3 is 15.7 Å². The summed E-state index contributed by atoms with van der Waals surface area (Å²) >= 11 is 0. The van der Waals surface area contributed by atoms with Gasteiger partial charge in [0.05, 0.1) is 0 Å². The summed E-state index contributed by atoms with van der Waals surface area (Å²) in [7, 11) is 0. The number of aliphatic hydroxyl groups excluding tert-OH is 1. The van der Waals surface area contributed by atoms with Gasteiger partial charge in [0, 0.05) is 31.8 Å². The Labute approximate surface area is 79.9 Å². The molecule has 13 heavy (non-hydrogen) atoms. The van der Waals surface area contributed by atoms with Crippen LogP contribution in [-0.4, -0.2) is 36.9 Å².